The molecule has 0 spiro atoms. The van der Waals surface area contributed by atoms with Crippen LogP contribution in [0, 0.1) is 0 Å². The lowest BCUT2D eigenvalue weighted by Crippen LogP contribution is -2.39. The average Bonchev–Trinajstić information content (AvgIpc) is 2.33. The summed E-state index contributed by atoms with van der Waals surface area (Å²) in [4.78, 5) is 0.0692. The Bertz CT molecular complexity index is 672. The number of nitrogens with one attached hydrogen (secondary N) is 1. The lowest BCUT2D eigenvalue weighted by Gasteiger charge is -2.19. The van der Waals surface area contributed by atoms with Gasteiger partial charge >= 0.3 is 0 Å². The van der Waals surface area contributed by atoms with Crippen molar-refractivity contribution in [2.75, 3.05) is 6.54 Å². The van der Waals surface area contributed by atoms with Gasteiger partial charge in [0.2, 0.25) is 20.0 Å². The molecule has 1 rings (SSSR count). The van der Waals surface area contributed by atoms with Crippen LogP contribution in [0.4, 0.5) is 0 Å². The Balaban J connectivity index is 2.51. The number of hydrogen-bond donors (Lipinski definition) is 2. The van der Waals surface area contributed by atoms with E-state index in [4.69, 9.17) is 5.14 Å². The third-order valence-electron chi connectivity index (χ3n) is 2.99. The average molecular weight is 334 g/mol. The molecule has 8 heteroatoms. The van der Waals surface area contributed by atoms with Crippen molar-refractivity contribution in [2.24, 2.45) is 5.14 Å². The molecule has 3 N–H and O–H groups in total. The maximum Gasteiger partial charge on any atom is 0.238 e. The smallest absolute Gasteiger partial charge is 0.225 e. The van der Waals surface area contributed by atoms with E-state index in [2.05, 4.69) is 4.72 Å². The third kappa shape index (κ3) is 5.39. The molecule has 0 bridgehead atoms. The van der Waals surface area contributed by atoms with Crippen LogP contribution in [0.25, 0.3) is 0 Å². The molecule has 0 aliphatic heterocycles. The minimum Gasteiger partial charge on any atom is -0.225 e. The van der Waals surface area contributed by atoms with Gasteiger partial charge in [0.05, 0.1) is 9.64 Å². The molecule has 21 heavy (non-hydrogen) atoms. The Morgan fingerprint density at radius 1 is 1.05 bits per heavy atom. The molecule has 0 unspecified atom stereocenters. The van der Waals surface area contributed by atoms with Crippen LogP contribution < -0.4 is 9.86 Å². The van der Waals surface area contributed by atoms with Gasteiger partial charge in [-0.25, -0.2) is 26.7 Å². The predicted molar refractivity (Wildman–Crippen MR) is 82.8 cm³/mol. The number of rotatable bonds is 6. The molecule has 6 nitrogen and oxygen atoms in total. The van der Waals surface area contributed by atoms with E-state index in [0.717, 1.165) is 5.56 Å². The number of hydrogen-bond acceptors (Lipinski definition) is 4. The molecule has 0 radical (unpaired) electrons. The summed E-state index contributed by atoms with van der Waals surface area (Å²) in [7, 11) is -7.00. The molecule has 0 saturated heterocycles. The molecular weight excluding hydrogens is 312 g/mol. The number of primary sulfonamides is 1. The standard InChI is InChI=1S/C13H22N2O4S2/c1-13(2,3)21(18,19)15-10-4-5-11-6-8-12(9-7-11)20(14,16)17/h6-9,15H,4-5,10H2,1-3H3,(H2,14,16,17). The Kier molecular flexibility index (Phi) is 5.54. The molecule has 0 aliphatic carbocycles. The molecule has 0 heterocycles. The number of aryl methyl sites for hydroxylation is 1. The van der Waals surface area contributed by atoms with Gasteiger partial charge in [-0.1, -0.05) is 12.1 Å². The van der Waals surface area contributed by atoms with E-state index in [1.807, 2.05) is 0 Å². The van der Waals surface area contributed by atoms with E-state index < -0.39 is 24.8 Å². The second-order valence-corrected chi connectivity index (χ2v) is 9.88. The first kappa shape index (κ1) is 18.1. The second-order valence-electron chi connectivity index (χ2n) is 5.80. The van der Waals surface area contributed by atoms with Crippen molar-refractivity contribution < 1.29 is 16.8 Å². The van der Waals surface area contributed by atoms with E-state index >= 15 is 0 Å². The second kappa shape index (κ2) is 6.43. The molecule has 0 saturated carbocycles. The highest BCUT2D eigenvalue weighted by atomic mass is 32.2. The monoisotopic (exact) mass is 334 g/mol. The van der Waals surface area contributed by atoms with E-state index in [1.54, 1.807) is 32.9 Å². The summed E-state index contributed by atoms with van der Waals surface area (Å²) < 4.78 is 47.6. The number of benzene rings is 1. The zero-order valence-corrected chi connectivity index (χ0v) is 14.1. The van der Waals surface area contributed by atoms with Crippen LogP contribution in [0.1, 0.15) is 32.8 Å². The van der Waals surface area contributed by atoms with E-state index in [-0.39, 0.29) is 4.90 Å². The molecule has 0 aliphatic rings. The van der Waals surface area contributed by atoms with Gasteiger partial charge in [-0.2, -0.15) is 0 Å². The summed E-state index contributed by atoms with van der Waals surface area (Å²) in [6.07, 6.45) is 1.28. The van der Waals surface area contributed by atoms with Crippen molar-refractivity contribution in [2.45, 2.75) is 43.3 Å². The Hall–Kier alpha value is -0.960. The molecule has 0 aromatic heterocycles. The fourth-order valence-electron chi connectivity index (χ4n) is 1.56. The van der Waals surface area contributed by atoms with Gasteiger partial charge in [0.15, 0.2) is 0 Å². The third-order valence-corrected chi connectivity index (χ3v) is 6.12. The van der Waals surface area contributed by atoms with E-state index in [1.165, 1.54) is 12.1 Å². The SMILES string of the molecule is CC(C)(C)S(=O)(=O)NCCCc1ccc(S(N)(=O)=O)cc1. The molecular formula is C13H22N2O4S2. The summed E-state index contributed by atoms with van der Waals surface area (Å²) in [5, 5.41) is 5.01. The molecule has 0 fully saturated rings. The van der Waals surface area contributed by atoms with Crippen molar-refractivity contribution in [3.05, 3.63) is 29.8 Å². The van der Waals surface area contributed by atoms with Gasteiger partial charge in [-0.3, -0.25) is 0 Å². The van der Waals surface area contributed by atoms with Crippen LogP contribution in [0.5, 0.6) is 0 Å². The molecule has 0 amide bonds. The largest absolute Gasteiger partial charge is 0.238 e. The summed E-state index contributed by atoms with van der Waals surface area (Å²) in [6.45, 7) is 5.26. The predicted octanol–water partition coefficient (Wildman–Crippen LogP) is 0.985. The Morgan fingerprint density at radius 2 is 1.57 bits per heavy atom. The van der Waals surface area contributed by atoms with E-state index in [9.17, 15) is 16.8 Å². The van der Waals surface area contributed by atoms with Crippen molar-refractivity contribution in [1.82, 2.24) is 4.72 Å². The van der Waals surface area contributed by atoms with Crippen LogP contribution in [0.15, 0.2) is 29.2 Å². The van der Waals surface area contributed by atoms with Crippen molar-refractivity contribution >= 4 is 20.0 Å². The maximum absolute atomic E-state index is 11.8. The summed E-state index contributed by atoms with van der Waals surface area (Å²) in [6, 6.07) is 6.25. The van der Waals surface area contributed by atoms with Gasteiger partial charge in [0, 0.05) is 6.54 Å². The highest BCUT2D eigenvalue weighted by Crippen LogP contribution is 2.13. The van der Waals surface area contributed by atoms with Crippen LogP contribution in [0.2, 0.25) is 0 Å². The maximum atomic E-state index is 11.8. The quantitative estimate of drug-likeness (QED) is 0.756. The van der Waals surface area contributed by atoms with E-state index in [0.29, 0.717) is 19.4 Å². The lowest BCUT2D eigenvalue weighted by molar-refractivity contribution is 0.543. The molecule has 0 atom stereocenters. The summed E-state index contributed by atoms with van der Waals surface area (Å²) >= 11 is 0. The Morgan fingerprint density at radius 3 is 2.00 bits per heavy atom. The van der Waals surface area contributed by atoms with Crippen molar-refractivity contribution in [3.8, 4) is 0 Å². The van der Waals surface area contributed by atoms with Crippen LogP contribution >= 0.6 is 0 Å². The first-order valence-corrected chi connectivity index (χ1v) is 9.57. The number of sulfonamides is 2. The van der Waals surface area contributed by atoms with Gasteiger partial charge in [0.25, 0.3) is 0 Å². The fraction of sp³-hybridized carbons (Fsp3) is 0.538. The van der Waals surface area contributed by atoms with Gasteiger partial charge < -0.3 is 0 Å². The summed E-state index contributed by atoms with van der Waals surface area (Å²) in [5.41, 5.74) is 0.928. The first-order chi connectivity index (χ1) is 9.43. The van der Waals surface area contributed by atoms with Crippen LogP contribution in [-0.4, -0.2) is 28.1 Å². The topological polar surface area (TPSA) is 106 Å². The minimum absolute atomic E-state index is 0.0692. The lowest BCUT2D eigenvalue weighted by atomic mass is 10.1. The number of nitrogens with two attached hydrogens (primary N) is 1. The summed E-state index contributed by atoms with van der Waals surface area (Å²) in [5.74, 6) is 0. The highest BCUT2D eigenvalue weighted by molar-refractivity contribution is 7.90. The van der Waals surface area contributed by atoms with Crippen LogP contribution in [0.3, 0.4) is 0 Å². The van der Waals surface area contributed by atoms with Crippen molar-refractivity contribution in [1.29, 1.82) is 0 Å². The zero-order valence-electron chi connectivity index (χ0n) is 12.5. The normalized spacial score (nSPS) is 13.3. The van der Waals surface area contributed by atoms with Crippen molar-refractivity contribution in [3.63, 3.8) is 0 Å². The highest BCUT2D eigenvalue weighted by Gasteiger charge is 2.27. The van der Waals surface area contributed by atoms with Gasteiger partial charge in [-0.15, -0.1) is 0 Å². The molecule has 1 aromatic rings. The van der Waals surface area contributed by atoms with Crippen LogP contribution in [-0.2, 0) is 26.5 Å². The zero-order chi connectivity index (χ0) is 16.3. The first-order valence-electron chi connectivity index (χ1n) is 6.54. The van der Waals surface area contributed by atoms with Gasteiger partial charge in [-0.05, 0) is 51.3 Å². The van der Waals surface area contributed by atoms with Gasteiger partial charge in [0.1, 0.15) is 0 Å². The molecule has 1 aromatic carbocycles. The molecule has 120 valence electrons. The fourth-order valence-corrected chi connectivity index (χ4v) is 2.92. The minimum atomic E-state index is -3.67. The Labute approximate surface area is 126 Å².